The van der Waals surface area contributed by atoms with E-state index >= 15 is 0 Å². The lowest BCUT2D eigenvalue weighted by atomic mass is 10.1. The predicted molar refractivity (Wildman–Crippen MR) is 108 cm³/mol. The van der Waals surface area contributed by atoms with E-state index in [1.807, 2.05) is 25.1 Å². The lowest BCUT2D eigenvalue weighted by Crippen LogP contribution is -2.02. The highest BCUT2D eigenvalue weighted by atomic mass is 19.1. The molecule has 0 aliphatic rings. The Bertz CT molecular complexity index is 1160. The zero-order valence-corrected chi connectivity index (χ0v) is 16.2. The van der Waals surface area contributed by atoms with Crippen LogP contribution in [0.4, 0.5) is 8.78 Å². The molecular formula is C23H20F2N2O3. The molecule has 0 aliphatic carbocycles. The second kappa shape index (κ2) is 8.51. The largest absolute Gasteiger partial charge is 0.494 e. The number of benzene rings is 3. The van der Waals surface area contributed by atoms with Crippen molar-refractivity contribution in [1.82, 2.24) is 9.97 Å². The van der Waals surface area contributed by atoms with E-state index in [1.54, 1.807) is 24.3 Å². The minimum absolute atomic E-state index is 0.1000. The Morgan fingerprint density at radius 1 is 0.967 bits per heavy atom. The summed E-state index contributed by atoms with van der Waals surface area (Å²) in [6, 6.07) is 15.4. The summed E-state index contributed by atoms with van der Waals surface area (Å²) in [6.07, 6.45) is -0.956. The van der Waals surface area contributed by atoms with E-state index in [2.05, 4.69) is 9.97 Å². The number of aliphatic hydroxyl groups excluding tert-OH is 1. The highest BCUT2D eigenvalue weighted by Gasteiger charge is 2.16. The molecule has 0 saturated heterocycles. The van der Waals surface area contributed by atoms with E-state index in [0.717, 1.165) is 23.7 Å². The van der Waals surface area contributed by atoms with E-state index in [9.17, 15) is 13.9 Å². The fourth-order valence-corrected chi connectivity index (χ4v) is 3.11. The maximum atomic E-state index is 13.7. The Morgan fingerprint density at radius 2 is 1.73 bits per heavy atom. The van der Waals surface area contributed by atoms with Crippen molar-refractivity contribution in [2.45, 2.75) is 19.6 Å². The molecule has 0 radical (unpaired) electrons. The quantitative estimate of drug-likeness (QED) is 0.455. The molecule has 154 valence electrons. The molecule has 4 aromatic rings. The van der Waals surface area contributed by atoms with Crippen LogP contribution in [-0.4, -0.2) is 21.7 Å². The molecule has 4 rings (SSSR count). The lowest BCUT2D eigenvalue weighted by molar-refractivity contribution is 0.211. The molecule has 0 spiro atoms. The van der Waals surface area contributed by atoms with Gasteiger partial charge in [0.2, 0.25) is 0 Å². The summed E-state index contributed by atoms with van der Waals surface area (Å²) in [7, 11) is 0. The van der Waals surface area contributed by atoms with Crippen molar-refractivity contribution in [3.63, 3.8) is 0 Å². The van der Waals surface area contributed by atoms with Gasteiger partial charge in [-0.05, 0) is 55.0 Å². The molecule has 1 unspecified atom stereocenters. The number of aromatic amines is 1. The van der Waals surface area contributed by atoms with E-state index in [1.165, 1.54) is 0 Å². The number of hydrogen-bond donors (Lipinski definition) is 2. The Labute approximate surface area is 171 Å². The number of halogens is 2. The standard InChI is InChI=1S/C23H20F2N2O3/c1-2-29-18-8-10-20-21(12-18)27-23(26-20)22(28)14-3-6-17(7-4-14)30-13-15-11-16(24)5-9-19(15)25/h3-12,22,28H,2,13H2,1H3,(H,26,27). The number of hydrogen-bond acceptors (Lipinski definition) is 4. The number of aliphatic hydroxyl groups is 1. The number of aromatic nitrogens is 2. The number of ether oxygens (including phenoxy) is 2. The third-order valence-electron chi connectivity index (χ3n) is 4.64. The van der Waals surface area contributed by atoms with Gasteiger partial charge in [-0.1, -0.05) is 12.1 Å². The average molecular weight is 410 g/mol. The molecule has 7 heteroatoms. The minimum Gasteiger partial charge on any atom is -0.494 e. The molecule has 0 saturated carbocycles. The summed E-state index contributed by atoms with van der Waals surface area (Å²) in [5, 5.41) is 10.7. The minimum atomic E-state index is -0.956. The van der Waals surface area contributed by atoms with Gasteiger partial charge in [0, 0.05) is 11.6 Å². The van der Waals surface area contributed by atoms with E-state index in [-0.39, 0.29) is 12.2 Å². The van der Waals surface area contributed by atoms with Crippen LogP contribution in [0.3, 0.4) is 0 Å². The molecule has 0 fully saturated rings. The van der Waals surface area contributed by atoms with Crippen molar-refractivity contribution in [3.05, 3.63) is 89.2 Å². The van der Waals surface area contributed by atoms with Crippen molar-refractivity contribution in [1.29, 1.82) is 0 Å². The molecule has 0 amide bonds. The lowest BCUT2D eigenvalue weighted by Gasteiger charge is -2.11. The van der Waals surface area contributed by atoms with Crippen molar-refractivity contribution in [2.75, 3.05) is 6.61 Å². The van der Waals surface area contributed by atoms with E-state index < -0.39 is 17.7 Å². The Kier molecular flexibility index (Phi) is 5.63. The third-order valence-corrected chi connectivity index (χ3v) is 4.64. The Morgan fingerprint density at radius 3 is 2.50 bits per heavy atom. The first-order chi connectivity index (χ1) is 14.5. The van der Waals surface area contributed by atoms with Gasteiger partial charge in [0.25, 0.3) is 0 Å². The van der Waals surface area contributed by atoms with Gasteiger partial charge in [0.1, 0.15) is 41.7 Å². The fourth-order valence-electron chi connectivity index (χ4n) is 3.11. The van der Waals surface area contributed by atoms with Crippen LogP contribution >= 0.6 is 0 Å². The van der Waals surface area contributed by atoms with Crippen molar-refractivity contribution in [2.24, 2.45) is 0 Å². The molecule has 5 nitrogen and oxygen atoms in total. The van der Waals surface area contributed by atoms with Crippen LogP contribution in [-0.2, 0) is 6.61 Å². The highest BCUT2D eigenvalue weighted by molar-refractivity contribution is 5.77. The zero-order valence-electron chi connectivity index (χ0n) is 16.2. The summed E-state index contributed by atoms with van der Waals surface area (Å²) in [6.45, 7) is 2.37. The molecule has 30 heavy (non-hydrogen) atoms. The molecule has 1 aromatic heterocycles. The molecule has 0 bridgehead atoms. The number of nitrogens with zero attached hydrogens (tertiary/aromatic N) is 1. The average Bonchev–Trinajstić information content (AvgIpc) is 3.18. The fraction of sp³-hybridized carbons (Fsp3) is 0.174. The summed E-state index contributed by atoms with van der Waals surface area (Å²) in [4.78, 5) is 7.57. The third kappa shape index (κ3) is 4.26. The van der Waals surface area contributed by atoms with Gasteiger partial charge in [-0.15, -0.1) is 0 Å². The van der Waals surface area contributed by atoms with Gasteiger partial charge in [-0.25, -0.2) is 13.8 Å². The van der Waals surface area contributed by atoms with Crippen LogP contribution < -0.4 is 9.47 Å². The molecule has 1 heterocycles. The SMILES string of the molecule is CCOc1ccc2[nH]c(C(O)c3ccc(OCc4cc(F)ccc4F)cc3)nc2c1. The number of H-pyrrole nitrogens is 1. The smallest absolute Gasteiger partial charge is 0.140 e. The number of nitrogens with one attached hydrogen (secondary N) is 1. The van der Waals surface area contributed by atoms with Crippen molar-refractivity contribution in [3.8, 4) is 11.5 Å². The first-order valence-corrected chi connectivity index (χ1v) is 9.50. The predicted octanol–water partition coefficient (Wildman–Crippen LogP) is 4.90. The second-order valence-corrected chi connectivity index (χ2v) is 6.73. The zero-order chi connectivity index (χ0) is 21.1. The topological polar surface area (TPSA) is 67.4 Å². The molecule has 0 aliphatic heterocycles. The Balaban J connectivity index is 1.46. The van der Waals surface area contributed by atoms with Crippen LogP contribution in [0.2, 0.25) is 0 Å². The maximum Gasteiger partial charge on any atom is 0.140 e. The second-order valence-electron chi connectivity index (χ2n) is 6.73. The highest BCUT2D eigenvalue weighted by Crippen LogP contribution is 2.26. The van der Waals surface area contributed by atoms with Crippen LogP contribution in [0.5, 0.6) is 11.5 Å². The van der Waals surface area contributed by atoms with Crippen molar-refractivity contribution >= 4 is 11.0 Å². The van der Waals surface area contributed by atoms with Crippen LogP contribution in [0.1, 0.15) is 30.0 Å². The number of rotatable bonds is 7. The Hall–Kier alpha value is -3.45. The monoisotopic (exact) mass is 410 g/mol. The van der Waals surface area contributed by atoms with Gasteiger partial charge in [0.15, 0.2) is 0 Å². The maximum absolute atomic E-state index is 13.7. The number of fused-ring (bicyclic) bond motifs is 1. The van der Waals surface area contributed by atoms with Crippen LogP contribution in [0.15, 0.2) is 60.7 Å². The normalized spacial score (nSPS) is 12.1. The summed E-state index contributed by atoms with van der Waals surface area (Å²) >= 11 is 0. The first kappa shape index (κ1) is 19.8. The van der Waals surface area contributed by atoms with Gasteiger partial charge in [0.05, 0.1) is 17.6 Å². The summed E-state index contributed by atoms with van der Waals surface area (Å²) < 4.78 is 37.9. The van der Waals surface area contributed by atoms with Crippen LogP contribution in [0, 0.1) is 11.6 Å². The molecular weight excluding hydrogens is 390 g/mol. The van der Waals surface area contributed by atoms with Gasteiger partial charge in [-0.2, -0.15) is 0 Å². The summed E-state index contributed by atoms with van der Waals surface area (Å²) in [5.41, 5.74) is 2.24. The molecule has 3 aromatic carbocycles. The van der Waals surface area contributed by atoms with Crippen molar-refractivity contribution < 1.29 is 23.4 Å². The van der Waals surface area contributed by atoms with E-state index in [0.29, 0.717) is 35.0 Å². The van der Waals surface area contributed by atoms with Gasteiger partial charge >= 0.3 is 0 Å². The molecule has 1 atom stereocenters. The first-order valence-electron chi connectivity index (χ1n) is 9.50. The molecule has 2 N–H and O–H groups in total. The van der Waals surface area contributed by atoms with Gasteiger partial charge < -0.3 is 19.6 Å². The van der Waals surface area contributed by atoms with Crippen LogP contribution in [0.25, 0.3) is 11.0 Å². The summed E-state index contributed by atoms with van der Waals surface area (Å²) in [5.74, 6) is 0.553. The van der Waals surface area contributed by atoms with Gasteiger partial charge in [-0.3, -0.25) is 0 Å². The van der Waals surface area contributed by atoms with E-state index in [4.69, 9.17) is 9.47 Å². The number of imidazole rings is 1.